The van der Waals surface area contributed by atoms with Crippen molar-refractivity contribution in [3.8, 4) is 5.75 Å². The summed E-state index contributed by atoms with van der Waals surface area (Å²) in [5.74, 6) is 0.911. The van der Waals surface area contributed by atoms with E-state index >= 15 is 0 Å². The molecule has 0 atom stereocenters. The maximum atomic E-state index is 12.9. The minimum absolute atomic E-state index is 0.0646. The number of fused-ring (bicyclic) bond motifs is 1. The van der Waals surface area contributed by atoms with Gasteiger partial charge < -0.3 is 14.4 Å². The molecule has 6 heteroatoms. The zero-order valence-corrected chi connectivity index (χ0v) is 18.9. The van der Waals surface area contributed by atoms with Gasteiger partial charge in [-0.15, -0.1) is 11.3 Å². The predicted octanol–water partition coefficient (Wildman–Crippen LogP) is 5.09. The molecule has 0 saturated heterocycles. The Morgan fingerprint density at radius 3 is 2.62 bits per heavy atom. The SMILES string of the molecule is COCCN(Cc1csc(COc2cccc3ccccc23)n1)C(=O)Cc1ccccc1. The first-order valence-electron chi connectivity index (χ1n) is 10.6. The van der Waals surface area contributed by atoms with E-state index in [0.717, 1.165) is 32.8 Å². The second kappa shape index (κ2) is 10.9. The number of hydrogen-bond acceptors (Lipinski definition) is 5. The van der Waals surface area contributed by atoms with Crippen molar-refractivity contribution in [2.45, 2.75) is 19.6 Å². The van der Waals surface area contributed by atoms with E-state index in [-0.39, 0.29) is 5.91 Å². The summed E-state index contributed by atoms with van der Waals surface area (Å²) in [4.78, 5) is 19.4. The maximum absolute atomic E-state index is 12.9. The van der Waals surface area contributed by atoms with Crippen molar-refractivity contribution in [2.75, 3.05) is 20.3 Å². The number of rotatable bonds is 10. The molecule has 0 N–H and O–H groups in total. The van der Waals surface area contributed by atoms with Crippen molar-refractivity contribution in [3.05, 3.63) is 94.4 Å². The highest BCUT2D eigenvalue weighted by Crippen LogP contribution is 2.26. The molecule has 0 aliphatic heterocycles. The van der Waals surface area contributed by atoms with Gasteiger partial charge in [0.25, 0.3) is 0 Å². The van der Waals surface area contributed by atoms with Crippen molar-refractivity contribution >= 4 is 28.0 Å². The number of thiazole rings is 1. The quantitative estimate of drug-likeness (QED) is 0.340. The van der Waals surface area contributed by atoms with Crippen LogP contribution in [0.4, 0.5) is 0 Å². The van der Waals surface area contributed by atoms with Gasteiger partial charge in [-0.2, -0.15) is 0 Å². The number of methoxy groups -OCH3 is 1. The maximum Gasteiger partial charge on any atom is 0.227 e. The topological polar surface area (TPSA) is 51.7 Å². The Kier molecular flexibility index (Phi) is 7.48. The third kappa shape index (κ3) is 5.72. The summed E-state index contributed by atoms with van der Waals surface area (Å²) < 4.78 is 11.3. The Hall–Kier alpha value is -3.22. The molecule has 1 amide bonds. The number of aromatic nitrogens is 1. The van der Waals surface area contributed by atoms with Crippen LogP contribution in [0, 0.1) is 0 Å². The van der Waals surface area contributed by atoms with Crippen LogP contribution >= 0.6 is 11.3 Å². The number of carbonyl (C=O) groups excluding carboxylic acids is 1. The first-order valence-corrected chi connectivity index (χ1v) is 11.5. The molecule has 4 aromatic rings. The van der Waals surface area contributed by atoms with E-state index in [4.69, 9.17) is 14.5 Å². The lowest BCUT2D eigenvalue weighted by atomic mass is 10.1. The standard InChI is InChI=1S/C26H26N2O3S/c1-30-15-14-28(26(29)16-20-8-3-2-4-9-20)17-22-19-32-25(27-22)18-31-24-13-7-11-21-10-5-6-12-23(21)24/h2-13,19H,14-18H2,1H3. The van der Waals surface area contributed by atoms with Crippen LogP contribution in [-0.2, 0) is 29.1 Å². The van der Waals surface area contributed by atoms with Gasteiger partial charge in [0.2, 0.25) is 5.91 Å². The number of amides is 1. The fourth-order valence-corrected chi connectivity index (χ4v) is 4.22. The third-order valence-electron chi connectivity index (χ3n) is 5.17. The van der Waals surface area contributed by atoms with E-state index in [1.165, 1.54) is 0 Å². The smallest absolute Gasteiger partial charge is 0.227 e. The fourth-order valence-electron chi connectivity index (χ4n) is 3.52. The summed E-state index contributed by atoms with van der Waals surface area (Å²) >= 11 is 1.55. The molecular weight excluding hydrogens is 420 g/mol. The highest BCUT2D eigenvalue weighted by Gasteiger charge is 2.16. The molecule has 4 rings (SSSR count). The molecule has 0 aliphatic carbocycles. The molecule has 0 aliphatic rings. The lowest BCUT2D eigenvalue weighted by Gasteiger charge is -2.21. The monoisotopic (exact) mass is 446 g/mol. The Morgan fingerprint density at radius 1 is 1.00 bits per heavy atom. The molecule has 32 heavy (non-hydrogen) atoms. The van der Waals surface area contributed by atoms with Gasteiger partial charge in [-0.25, -0.2) is 4.98 Å². The normalized spacial score (nSPS) is 10.9. The Labute approximate surface area is 192 Å². The second-order valence-corrected chi connectivity index (χ2v) is 8.41. The average molecular weight is 447 g/mol. The van der Waals surface area contributed by atoms with E-state index in [1.807, 2.05) is 60.0 Å². The molecule has 0 bridgehead atoms. The second-order valence-electron chi connectivity index (χ2n) is 7.47. The molecule has 0 unspecified atom stereocenters. The zero-order chi connectivity index (χ0) is 22.2. The molecule has 0 spiro atoms. The van der Waals surface area contributed by atoms with Gasteiger partial charge in [-0.3, -0.25) is 4.79 Å². The Balaban J connectivity index is 1.40. The minimum atomic E-state index is 0.0646. The lowest BCUT2D eigenvalue weighted by molar-refractivity contribution is -0.131. The van der Waals surface area contributed by atoms with Crippen LogP contribution in [-0.4, -0.2) is 36.1 Å². The van der Waals surface area contributed by atoms with Crippen LogP contribution < -0.4 is 4.74 Å². The van der Waals surface area contributed by atoms with Crippen LogP contribution in [0.1, 0.15) is 16.3 Å². The predicted molar refractivity (Wildman–Crippen MR) is 128 cm³/mol. The van der Waals surface area contributed by atoms with Crippen molar-refractivity contribution < 1.29 is 14.3 Å². The highest BCUT2D eigenvalue weighted by atomic mass is 32.1. The number of benzene rings is 3. The number of carbonyl (C=O) groups is 1. The van der Waals surface area contributed by atoms with Crippen LogP contribution in [0.3, 0.4) is 0 Å². The summed E-state index contributed by atoms with van der Waals surface area (Å²) in [7, 11) is 1.64. The summed E-state index contributed by atoms with van der Waals surface area (Å²) in [6.45, 7) is 1.87. The van der Waals surface area contributed by atoms with Gasteiger partial charge in [-0.1, -0.05) is 66.7 Å². The summed E-state index contributed by atoms with van der Waals surface area (Å²) in [5, 5.41) is 5.12. The number of ether oxygens (including phenoxy) is 2. The van der Waals surface area contributed by atoms with E-state index < -0.39 is 0 Å². The van der Waals surface area contributed by atoms with Crippen molar-refractivity contribution in [1.82, 2.24) is 9.88 Å². The highest BCUT2D eigenvalue weighted by molar-refractivity contribution is 7.09. The molecule has 1 aromatic heterocycles. The van der Waals surface area contributed by atoms with E-state index in [0.29, 0.717) is 32.7 Å². The van der Waals surface area contributed by atoms with Gasteiger partial charge in [0.05, 0.1) is 25.3 Å². The van der Waals surface area contributed by atoms with Crippen LogP contribution in [0.25, 0.3) is 10.8 Å². The molecule has 5 nitrogen and oxygen atoms in total. The van der Waals surface area contributed by atoms with Crippen LogP contribution in [0.2, 0.25) is 0 Å². The van der Waals surface area contributed by atoms with E-state index in [2.05, 4.69) is 18.2 Å². The van der Waals surface area contributed by atoms with E-state index in [1.54, 1.807) is 23.3 Å². The number of nitrogens with zero attached hydrogens (tertiary/aromatic N) is 2. The van der Waals surface area contributed by atoms with Crippen molar-refractivity contribution in [1.29, 1.82) is 0 Å². The van der Waals surface area contributed by atoms with Gasteiger partial charge >= 0.3 is 0 Å². The fraction of sp³-hybridized carbons (Fsp3) is 0.231. The molecule has 0 fully saturated rings. The Morgan fingerprint density at radius 2 is 1.78 bits per heavy atom. The van der Waals surface area contributed by atoms with Crippen molar-refractivity contribution in [3.63, 3.8) is 0 Å². The summed E-state index contributed by atoms with van der Waals surface area (Å²) in [6.07, 6.45) is 0.367. The molecule has 164 valence electrons. The average Bonchev–Trinajstić information content (AvgIpc) is 3.28. The van der Waals surface area contributed by atoms with Crippen molar-refractivity contribution in [2.24, 2.45) is 0 Å². The molecule has 1 heterocycles. The molecule has 3 aromatic carbocycles. The van der Waals surface area contributed by atoms with E-state index in [9.17, 15) is 4.79 Å². The zero-order valence-electron chi connectivity index (χ0n) is 18.1. The molecular formula is C26H26N2O3S. The summed E-state index contributed by atoms with van der Waals surface area (Å²) in [6, 6.07) is 24.0. The summed E-state index contributed by atoms with van der Waals surface area (Å²) in [5.41, 5.74) is 1.87. The Bertz CT molecular complexity index is 1150. The third-order valence-corrected chi connectivity index (χ3v) is 6.04. The largest absolute Gasteiger partial charge is 0.486 e. The molecule has 0 radical (unpaired) electrons. The molecule has 0 saturated carbocycles. The van der Waals surface area contributed by atoms with Crippen LogP contribution in [0.5, 0.6) is 5.75 Å². The van der Waals surface area contributed by atoms with Gasteiger partial charge in [-0.05, 0) is 17.0 Å². The van der Waals surface area contributed by atoms with Gasteiger partial charge in [0, 0.05) is 24.4 Å². The van der Waals surface area contributed by atoms with Gasteiger partial charge in [0.1, 0.15) is 17.4 Å². The lowest BCUT2D eigenvalue weighted by Crippen LogP contribution is -2.34. The van der Waals surface area contributed by atoms with Gasteiger partial charge in [0.15, 0.2) is 0 Å². The minimum Gasteiger partial charge on any atom is -0.486 e. The van der Waals surface area contributed by atoms with Crippen LogP contribution in [0.15, 0.2) is 78.2 Å². The number of hydrogen-bond donors (Lipinski definition) is 0. The first kappa shape index (κ1) is 22.0. The first-order chi connectivity index (χ1) is 15.7.